The van der Waals surface area contributed by atoms with Gasteiger partial charge in [-0.25, -0.2) is 0 Å². The largest absolute Gasteiger partial charge is 0.342 e. The SMILES string of the molecule is Cc1ccc(N2C(=O)/C(=C/c3cn(Cc4ccc(Cl)cc4)c4ccccc34)C(=O)NC2=S)cc1Cl. The number of aromatic nitrogens is 1. The van der Waals surface area contributed by atoms with Crippen LogP contribution in [0.5, 0.6) is 0 Å². The zero-order valence-electron chi connectivity index (χ0n) is 18.6. The van der Waals surface area contributed by atoms with Crippen LogP contribution in [-0.2, 0) is 16.1 Å². The van der Waals surface area contributed by atoms with Gasteiger partial charge in [0, 0.05) is 39.3 Å². The summed E-state index contributed by atoms with van der Waals surface area (Å²) < 4.78 is 2.08. The molecular formula is C27H19Cl2N3O2S. The molecule has 0 saturated carbocycles. The molecule has 3 aromatic carbocycles. The fourth-order valence-electron chi connectivity index (χ4n) is 4.08. The molecule has 1 aliphatic heterocycles. The Hall–Kier alpha value is -3.45. The summed E-state index contributed by atoms with van der Waals surface area (Å²) in [5, 5.41) is 4.75. The molecule has 1 N–H and O–H groups in total. The van der Waals surface area contributed by atoms with Gasteiger partial charge in [0.15, 0.2) is 5.11 Å². The first-order valence-corrected chi connectivity index (χ1v) is 12.0. The number of carbonyl (C=O) groups excluding carboxylic acids is 2. The Morgan fingerprint density at radius 1 is 1.00 bits per heavy atom. The van der Waals surface area contributed by atoms with Gasteiger partial charge < -0.3 is 4.57 Å². The van der Waals surface area contributed by atoms with Crippen LogP contribution in [0.15, 0.2) is 78.5 Å². The van der Waals surface area contributed by atoms with Crippen LogP contribution in [0.4, 0.5) is 5.69 Å². The molecule has 1 aliphatic rings. The molecule has 0 radical (unpaired) electrons. The summed E-state index contributed by atoms with van der Waals surface area (Å²) in [4.78, 5) is 27.6. The molecule has 2 heterocycles. The number of thiocarbonyl (C=S) groups is 1. The number of rotatable bonds is 4. The van der Waals surface area contributed by atoms with Crippen LogP contribution in [0.3, 0.4) is 0 Å². The number of hydrogen-bond acceptors (Lipinski definition) is 3. The molecule has 35 heavy (non-hydrogen) atoms. The van der Waals surface area contributed by atoms with Gasteiger partial charge >= 0.3 is 0 Å². The molecule has 0 spiro atoms. The Bertz CT molecular complexity index is 1540. The molecule has 1 saturated heterocycles. The summed E-state index contributed by atoms with van der Waals surface area (Å²) in [6.07, 6.45) is 3.55. The maximum atomic E-state index is 13.5. The number of anilines is 1. The summed E-state index contributed by atoms with van der Waals surface area (Å²) in [7, 11) is 0. The summed E-state index contributed by atoms with van der Waals surface area (Å²) in [6, 6.07) is 20.7. The van der Waals surface area contributed by atoms with Gasteiger partial charge in [-0.05, 0) is 66.7 Å². The Kier molecular flexibility index (Phi) is 6.19. The Balaban J connectivity index is 1.56. The van der Waals surface area contributed by atoms with Crippen LogP contribution in [0.1, 0.15) is 16.7 Å². The molecular weight excluding hydrogens is 501 g/mol. The Labute approximate surface area is 217 Å². The van der Waals surface area contributed by atoms with E-state index in [2.05, 4.69) is 9.88 Å². The minimum absolute atomic E-state index is 0.00954. The van der Waals surface area contributed by atoms with Gasteiger partial charge in [-0.2, -0.15) is 0 Å². The predicted molar refractivity (Wildman–Crippen MR) is 145 cm³/mol. The molecule has 1 aromatic heterocycles. The molecule has 0 unspecified atom stereocenters. The maximum absolute atomic E-state index is 13.5. The molecule has 0 aliphatic carbocycles. The van der Waals surface area contributed by atoms with Crippen molar-refractivity contribution in [1.29, 1.82) is 0 Å². The summed E-state index contributed by atoms with van der Waals surface area (Å²) in [5.74, 6) is -1.04. The third-order valence-electron chi connectivity index (χ3n) is 5.90. The first-order chi connectivity index (χ1) is 16.8. The van der Waals surface area contributed by atoms with Gasteiger partial charge in [-0.1, -0.05) is 59.6 Å². The number of halogens is 2. The lowest BCUT2D eigenvalue weighted by Gasteiger charge is -2.29. The normalized spacial score (nSPS) is 15.2. The summed E-state index contributed by atoms with van der Waals surface area (Å²) >= 11 is 17.6. The topological polar surface area (TPSA) is 54.3 Å². The van der Waals surface area contributed by atoms with E-state index in [1.807, 2.05) is 61.7 Å². The van der Waals surface area contributed by atoms with Crippen LogP contribution in [0.2, 0.25) is 10.0 Å². The average molecular weight is 520 g/mol. The van der Waals surface area contributed by atoms with Crippen molar-refractivity contribution in [3.05, 3.63) is 105 Å². The maximum Gasteiger partial charge on any atom is 0.270 e. The van der Waals surface area contributed by atoms with E-state index in [0.29, 0.717) is 22.3 Å². The van der Waals surface area contributed by atoms with Crippen LogP contribution in [-0.4, -0.2) is 21.5 Å². The second kappa shape index (κ2) is 9.30. The number of fused-ring (bicyclic) bond motifs is 1. The highest BCUT2D eigenvalue weighted by atomic mass is 35.5. The third-order valence-corrected chi connectivity index (χ3v) is 6.84. The molecule has 1 fully saturated rings. The molecule has 4 aromatic rings. The number of nitrogens with zero attached hydrogens (tertiary/aromatic N) is 2. The van der Waals surface area contributed by atoms with Crippen LogP contribution >= 0.6 is 35.4 Å². The van der Waals surface area contributed by atoms with Crippen LogP contribution in [0, 0.1) is 6.92 Å². The van der Waals surface area contributed by atoms with E-state index in [1.54, 1.807) is 24.3 Å². The molecule has 5 rings (SSSR count). The number of nitrogens with one attached hydrogen (secondary N) is 1. The molecule has 8 heteroatoms. The molecule has 0 atom stereocenters. The fraction of sp³-hybridized carbons (Fsp3) is 0.0741. The number of carbonyl (C=O) groups is 2. The van der Waals surface area contributed by atoms with Gasteiger partial charge in [-0.3, -0.25) is 19.8 Å². The minimum Gasteiger partial charge on any atom is -0.342 e. The van der Waals surface area contributed by atoms with E-state index >= 15 is 0 Å². The first kappa shape index (κ1) is 23.3. The van der Waals surface area contributed by atoms with Crippen molar-refractivity contribution in [3.8, 4) is 0 Å². The van der Waals surface area contributed by atoms with Gasteiger partial charge in [0.25, 0.3) is 11.8 Å². The van der Waals surface area contributed by atoms with Gasteiger partial charge in [0.05, 0.1) is 5.69 Å². The zero-order valence-corrected chi connectivity index (χ0v) is 20.9. The average Bonchev–Trinajstić information content (AvgIpc) is 3.17. The monoisotopic (exact) mass is 519 g/mol. The highest BCUT2D eigenvalue weighted by molar-refractivity contribution is 7.80. The number of aryl methyl sites for hydroxylation is 1. The van der Waals surface area contributed by atoms with Crippen molar-refractivity contribution < 1.29 is 9.59 Å². The van der Waals surface area contributed by atoms with Crippen molar-refractivity contribution in [3.63, 3.8) is 0 Å². The van der Waals surface area contributed by atoms with Gasteiger partial charge in [-0.15, -0.1) is 0 Å². The van der Waals surface area contributed by atoms with E-state index in [9.17, 15) is 9.59 Å². The van der Waals surface area contributed by atoms with Crippen LogP contribution < -0.4 is 10.2 Å². The van der Waals surface area contributed by atoms with E-state index in [4.69, 9.17) is 35.4 Å². The van der Waals surface area contributed by atoms with Crippen molar-refractivity contribution in [2.45, 2.75) is 13.5 Å². The molecule has 5 nitrogen and oxygen atoms in total. The van der Waals surface area contributed by atoms with Crippen molar-refractivity contribution in [1.82, 2.24) is 9.88 Å². The smallest absolute Gasteiger partial charge is 0.270 e. The van der Waals surface area contributed by atoms with E-state index in [-0.39, 0.29) is 10.7 Å². The summed E-state index contributed by atoms with van der Waals surface area (Å²) in [6.45, 7) is 2.48. The number of amides is 2. The third kappa shape index (κ3) is 4.48. The van der Waals surface area contributed by atoms with Gasteiger partial charge in [0.1, 0.15) is 5.57 Å². The van der Waals surface area contributed by atoms with Crippen molar-refractivity contribution in [2.75, 3.05) is 4.90 Å². The minimum atomic E-state index is -0.538. The number of hydrogen-bond donors (Lipinski definition) is 1. The predicted octanol–water partition coefficient (Wildman–Crippen LogP) is 6.14. The molecule has 0 bridgehead atoms. The lowest BCUT2D eigenvalue weighted by atomic mass is 10.1. The Morgan fingerprint density at radius 3 is 2.49 bits per heavy atom. The second-order valence-electron chi connectivity index (χ2n) is 8.25. The molecule has 2 amide bonds. The van der Waals surface area contributed by atoms with Gasteiger partial charge in [0.2, 0.25) is 0 Å². The fourth-order valence-corrected chi connectivity index (χ4v) is 4.66. The van der Waals surface area contributed by atoms with E-state index in [0.717, 1.165) is 27.6 Å². The standard InChI is InChI=1S/C27H19Cl2N3O2S/c1-16-6-11-20(13-23(16)29)32-26(34)22(25(33)30-27(32)35)12-18-15-31(24-5-3-2-4-21(18)24)14-17-7-9-19(28)10-8-17/h2-13,15H,14H2,1H3,(H,30,33,35)/b22-12+. The number of benzene rings is 3. The lowest BCUT2D eigenvalue weighted by molar-refractivity contribution is -0.122. The quantitative estimate of drug-likeness (QED) is 0.200. The number of para-hydroxylation sites is 1. The second-order valence-corrected chi connectivity index (χ2v) is 9.48. The summed E-state index contributed by atoms with van der Waals surface area (Å²) in [5.41, 5.74) is 4.17. The van der Waals surface area contributed by atoms with Crippen molar-refractivity contribution >= 4 is 75.0 Å². The van der Waals surface area contributed by atoms with Crippen molar-refractivity contribution in [2.24, 2.45) is 0 Å². The molecule has 174 valence electrons. The van der Waals surface area contributed by atoms with Crippen LogP contribution in [0.25, 0.3) is 17.0 Å². The first-order valence-electron chi connectivity index (χ1n) is 10.8. The highest BCUT2D eigenvalue weighted by Gasteiger charge is 2.34. The van der Waals surface area contributed by atoms with E-state index in [1.165, 1.54) is 4.90 Å². The Morgan fingerprint density at radius 2 is 1.74 bits per heavy atom. The van der Waals surface area contributed by atoms with E-state index < -0.39 is 11.8 Å². The highest BCUT2D eigenvalue weighted by Crippen LogP contribution is 2.29. The zero-order chi connectivity index (χ0) is 24.7. The lowest BCUT2D eigenvalue weighted by Crippen LogP contribution is -2.54.